The minimum atomic E-state index is 0. The van der Waals surface area contributed by atoms with Gasteiger partial charge >= 0.3 is 26.2 Å². The minimum Gasteiger partial charge on any atom is -1.00 e. The first-order valence-corrected chi connectivity index (χ1v) is 10.8. The second kappa shape index (κ2) is 12.3. The molecule has 0 spiro atoms. The molecule has 168 valence electrons. The van der Waals surface area contributed by atoms with Gasteiger partial charge in [-0.3, -0.25) is 0 Å². The maximum Gasteiger partial charge on any atom is 4.00 e. The Labute approximate surface area is 230 Å². The molecule has 0 aliphatic heterocycles. The Kier molecular flexibility index (Phi) is 11.0. The second-order valence-electron chi connectivity index (χ2n) is 8.86. The Hall–Kier alpha value is -1.53. The van der Waals surface area contributed by atoms with Crippen molar-refractivity contribution in [2.75, 3.05) is 0 Å². The van der Waals surface area contributed by atoms with E-state index in [1.54, 1.807) is 6.92 Å². The average Bonchev–Trinajstić information content (AvgIpc) is 3.39. The number of hydrogen-bond donors (Lipinski definition) is 0. The zero-order chi connectivity index (χ0) is 21.3. The monoisotopic (exact) mass is 550 g/mol. The Balaban J connectivity index is 0.00000106. The predicted octanol–water partition coefficient (Wildman–Crippen LogP) is 2.39. The number of benzene rings is 3. The van der Waals surface area contributed by atoms with Gasteiger partial charge in [-0.25, -0.2) is 0 Å². The SMILES string of the molecule is CC(C)(C)c1ccc(C2=Cc3ccccc3C2c2cccc3[cH-]ccc23)cc1.[CH2-]C.[Cl-].[Cl-].[Zr+4]. The van der Waals surface area contributed by atoms with Gasteiger partial charge in [0.1, 0.15) is 0 Å². The number of halogens is 2. The normalized spacial score (nSPS) is 14.0. The van der Waals surface area contributed by atoms with Gasteiger partial charge in [-0.2, -0.15) is 19.1 Å². The van der Waals surface area contributed by atoms with E-state index >= 15 is 0 Å². The van der Waals surface area contributed by atoms with E-state index in [2.05, 4.69) is 119 Å². The van der Waals surface area contributed by atoms with Gasteiger partial charge in [0.2, 0.25) is 0 Å². The molecule has 0 saturated carbocycles. The summed E-state index contributed by atoms with van der Waals surface area (Å²) in [6, 6.07) is 31.3. The fourth-order valence-electron chi connectivity index (χ4n) is 4.51. The molecule has 0 radical (unpaired) electrons. The first kappa shape index (κ1) is 29.5. The largest absolute Gasteiger partial charge is 4.00 e. The summed E-state index contributed by atoms with van der Waals surface area (Å²) in [7, 11) is 0. The van der Waals surface area contributed by atoms with E-state index in [1.807, 2.05) is 0 Å². The molecule has 1 aliphatic rings. The molecule has 1 atom stereocenters. The summed E-state index contributed by atoms with van der Waals surface area (Å²) in [5, 5.41) is 2.69. The van der Waals surface area contributed by atoms with Gasteiger partial charge in [0.25, 0.3) is 0 Å². The van der Waals surface area contributed by atoms with E-state index in [1.165, 1.54) is 44.2 Å². The van der Waals surface area contributed by atoms with E-state index in [0.29, 0.717) is 0 Å². The molecule has 0 fully saturated rings. The van der Waals surface area contributed by atoms with Crippen LogP contribution in [0.3, 0.4) is 0 Å². The maximum atomic E-state index is 3.25. The summed E-state index contributed by atoms with van der Waals surface area (Å²) in [6.07, 6.45) is 2.38. The number of fused-ring (bicyclic) bond motifs is 2. The van der Waals surface area contributed by atoms with Crippen molar-refractivity contribution in [3.8, 4) is 0 Å². The standard InChI is InChI=1S/C28H25.C2H5.2ClH.Zr/c1-28(2,3)22-16-14-20(15-17-22)26-18-21-8-4-5-11-24(21)27(26)25-13-7-10-19-9-6-12-23(19)25;1-2;;;/h4-18,27H,1-3H3;1H2,2H3;2*1H;/q2*-1;;;+4/p-2. The molecular weight excluding hydrogens is 522 g/mol. The van der Waals surface area contributed by atoms with Gasteiger partial charge < -0.3 is 31.7 Å². The second-order valence-corrected chi connectivity index (χ2v) is 8.86. The van der Waals surface area contributed by atoms with Crippen molar-refractivity contribution >= 4 is 22.4 Å². The third kappa shape index (κ3) is 5.76. The fourth-order valence-corrected chi connectivity index (χ4v) is 4.51. The Morgan fingerprint density at radius 1 is 0.758 bits per heavy atom. The Bertz CT molecular complexity index is 1190. The zero-order valence-corrected chi connectivity index (χ0v) is 23.7. The van der Waals surface area contributed by atoms with Gasteiger partial charge in [0.05, 0.1) is 0 Å². The van der Waals surface area contributed by atoms with Crippen molar-refractivity contribution in [3.05, 3.63) is 120 Å². The number of rotatable bonds is 2. The molecule has 0 amide bonds. The van der Waals surface area contributed by atoms with E-state index in [-0.39, 0.29) is 62.4 Å². The molecule has 4 aromatic rings. The van der Waals surface area contributed by atoms with Crippen LogP contribution in [-0.2, 0) is 31.6 Å². The fraction of sp³-hybridized carbons (Fsp3) is 0.200. The molecule has 0 saturated heterocycles. The molecule has 0 aromatic heterocycles. The van der Waals surface area contributed by atoms with E-state index in [9.17, 15) is 0 Å². The summed E-state index contributed by atoms with van der Waals surface area (Å²) < 4.78 is 0. The third-order valence-corrected chi connectivity index (χ3v) is 6.04. The van der Waals surface area contributed by atoms with Crippen LogP contribution in [0, 0.1) is 6.92 Å². The number of hydrogen-bond acceptors (Lipinski definition) is 0. The van der Waals surface area contributed by atoms with Crippen molar-refractivity contribution in [2.45, 2.75) is 39.0 Å². The van der Waals surface area contributed by atoms with Crippen LogP contribution in [-0.4, -0.2) is 0 Å². The number of allylic oxidation sites excluding steroid dienone is 1. The van der Waals surface area contributed by atoms with Crippen molar-refractivity contribution in [1.29, 1.82) is 0 Å². The van der Waals surface area contributed by atoms with Gasteiger partial charge in [-0.05, 0) is 39.3 Å². The van der Waals surface area contributed by atoms with Gasteiger partial charge in [-0.15, -0.1) is 29.0 Å². The molecule has 0 heterocycles. The molecule has 0 nitrogen and oxygen atoms in total. The summed E-state index contributed by atoms with van der Waals surface area (Å²) in [5.41, 5.74) is 8.41. The van der Waals surface area contributed by atoms with Gasteiger partial charge in [0, 0.05) is 5.92 Å². The van der Waals surface area contributed by atoms with Crippen molar-refractivity contribution in [1.82, 2.24) is 0 Å². The summed E-state index contributed by atoms with van der Waals surface area (Å²) in [4.78, 5) is 0. The van der Waals surface area contributed by atoms with E-state index in [4.69, 9.17) is 0 Å². The van der Waals surface area contributed by atoms with Crippen LogP contribution < -0.4 is 24.8 Å². The molecule has 3 heteroatoms. The Morgan fingerprint density at radius 3 is 2.06 bits per heavy atom. The molecule has 5 rings (SSSR count). The van der Waals surface area contributed by atoms with E-state index < -0.39 is 0 Å². The van der Waals surface area contributed by atoms with Crippen LogP contribution in [0.1, 0.15) is 61.4 Å². The van der Waals surface area contributed by atoms with Crippen LogP contribution in [0.4, 0.5) is 0 Å². The first-order chi connectivity index (χ1) is 14.5. The topological polar surface area (TPSA) is 0 Å². The third-order valence-electron chi connectivity index (χ3n) is 6.04. The van der Waals surface area contributed by atoms with Crippen molar-refractivity contribution < 1.29 is 51.0 Å². The summed E-state index contributed by atoms with van der Waals surface area (Å²) in [5.74, 6) is 0.280. The molecule has 0 bridgehead atoms. The van der Waals surface area contributed by atoms with Crippen LogP contribution in [0.15, 0.2) is 84.9 Å². The van der Waals surface area contributed by atoms with Gasteiger partial charge in [0.15, 0.2) is 0 Å². The average molecular weight is 553 g/mol. The minimum absolute atomic E-state index is 0. The molecule has 33 heavy (non-hydrogen) atoms. The first-order valence-electron chi connectivity index (χ1n) is 10.8. The summed E-state index contributed by atoms with van der Waals surface area (Å²) in [6.45, 7) is 11.8. The predicted molar refractivity (Wildman–Crippen MR) is 132 cm³/mol. The van der Waals surface area contributed by atoms with Crippen molar-refractivity contribution in [3.63, 3.8) is 0 Å². The summed E-state index contributed by atoms with van der Waals surface area (Å²) >= 11 is 0. The molecule has 4 aromatic carbocycles. The Morgan fingerprint density at radius 2 is 1.39 bits per heavy atom. The molecule has 1 aliphatic carbocycles. The van der Waals surface area contributed by atoms with Crippen LogP contribution >= 0.6 is 0 Å². The molecular formula is C30H30Cl2Zr. The van der Waals surface area contributed by atoms with Crippen LogP contribution in [0.2, 0.25) is 0 Å². The smallest absolute Gasteiger partial charge is 1.00 e. The molecule has 0 N–H and O–H groups in total. The quantitative estimate of drug-likeness (QED) is 0.335. The molecule has 1 unspecified atom stereocenters. The van der Waals surface area contributed by atoms with Crippen LogP contribution in [0.25, 0.3) is 22.4 Å². The maximum absolute atomic E-state index is 3.25. The zero-order valence-electron chi connectivity index (χ0n) is 19.7. The van der Waals surface area contributed by atoms with Gasteiger partial charge in [-0.1, -0.05) is 80.9 Å². The van der Waals surface area contributed by atoms with Crippen LogP contribution in [0.5, 0.6) is 0 Å². The van der Waals surface area contributed by atoms with E-state index in [0.717, 1.165) is 0 Å². The van der Waals surface area contributed by atoms with Crippen molar-refractivity contribution in [2.24, 2.45) is 0 Å².